The molecule has 3 aliphatic rings. The number of pyridine rings is 1. The molecule has 0 aliphatic carbocycles. The SMILES string of the molecule is O=C(C1CCN(S(=O)(=O)c2ccc(Cl)cc2)CC1)N1CC2C[C@@H](C1)Cn1c2cccc1=O. The molecule has 5 rings (SSSR count). The van der Waals surface area contributed by atoms with Crippen LogP contribution in [0.5, 0.6) is 0 Å². The normalized spacial score (nSPS) is 24.2. The van der Waals surface area contributed by atoms with Crippen molar-refractivity contribution >= 4 is 27.5 Å². The van der Waals surface area contributed by atoms with E-state index in [1.807, 2.05) is 15.5 Å². The number of carbonyl (C=O) groups excluding carboxylic acids is 1. The van der Waals surface area contributed by atoms with Crippen LogP contribution >= 0.6 is 11.6 Å². The molecule has 2 bridgehead atoms. The first-order valence-corrected chi connectivity index (χ1v) is 12.9. The van der Waals surface area contributed by atoms with Crippen molar-refractivity contribution in [3.05, 3.63) is 63.5 Å². The number of rotatable bonds is 3. The summed E-state index contributed by atoms with van der Waals surface area (Å²) < 4.78 is 29.2. The maximum atomic E-state index is 13.3. The van der Waals surface area contributed by atoms with E-state index in [1.165, 1.54) is 16.4 Å². The molecule has 0 N–H and O–H groups in total. The van der Waals surface area contributed by atoms with E-state index in [0.717, 1.165) is 12.1 Å². The van der Waals surface area contributed by atoms with Gasteiger partial charge in [-0.15, -0.1) is 0 Å². The van der Waals surface area contributed by atoms with Gasteiger partial charge in [0.25, 0.3) is 5.56 Å². The highest BCUT2D eigenvalue weighted by Gasteiger charge is 2.39. The number of hydrogen-bond donors (Lipinski definition) is 0. The number of aromatic nitrogens is 1. The van der Waals surface area contributed by atoms with Crippen LogP contribution in [-0.4, -0.2) is 54.3 Å². The summed E-state index contributed by atoms with van der Waals surface area (Å²) >= 11 is 5.88. The molecule has 4 heterocycles. The van der Waals surface area contributed by atoms with Gasteiger partial charge in [-0.1, -0.05) is 17.7 Å². The first kappa shape index (κ1) is 21.7. The largest absolute Gasteiger partial charge is 0.341 e. The predicted octanol–water partition coefficient (Wildman–Crippen LogP) is 2.55. The van der Waals surface area contributed by atoms with Gasteiger partial charge in [-0.05, 0) is 55.5 Å². The molecule has 9 heteroatoms. The summed E-state index contributed by atoms with van der Waals surface area (Å²) in [4.78, 5) is 27.7. The van der Waals surface area contributed by atoms with E-state index >= 15 is 0 Å². The quantitative estimate of drug-likeness (QED) is 0.683. The van der Waals surface area contributed by atoms with Gasteiger partial charge < -0.3 is 9.47 Å². The van der Waals surface area contributed by atoms with Crippen molar-refractivity contribution < 1.29 is 13.2 Å². The topological polar surface area (TPSA) is 79.7 Å². The number of fused-ring (bicyclic) bond motifs is 4. The summed E-state index contributed by atoms with van der Waals surface area (Å²) in [7, 11) is -3.59. The van der Waals surface area contributed by atoms with Crippen molar-refractivity contribution in [2.75, 3.05) is 26.2 Å². The third-order valence-electron chi connectivity index (χ3n) is 7.05. The number of halogens is 1. The van der Waals surface area contributed by atoms with E-state index < -0.39 is 10.0 Å². The van der Waals surface area contributed by atoms with Crippen molar-refractivity contribution in [2.45, 2.75) is 36.6 Å². The van der Waals surface area contributed by atoms with Gasteiger partial charge in [0.1, 0.15) is 0 Å². The van der Waals surface area contributed by atoms with Crippen LogP contribution in [0.3, 0.4) is 0 Å². The number of nitrogens with zero attached hydrogens (tertiary/aromatic N) is 3. The van der Waals surface area contributed by atoms with Gasteiger partial charge in [0, 0.05) is 61.3 Å². The van der Waals surface area contributed by atoms with Crippen LogP contribution in [0.2, 0.25) is 5.02 Å². The summed E-state index contributed by atoms with van der Waals surface area (Å²) in [6.45, 7) is 2.62. The number of piperidine rings is 2. The van der Waals surface area contributed by atoms with Crippen LogP contribution in [0.25, 0.3) is 0 Å². The van der Waals surface area contributed by atoms with Crippen molar-refractivity contribution in [2.24, 2.45) is 11.8 Å². The van der Waals surface area contributed by atoms with Crippen LogP contribution in [-0.2, 0) is 21.4 Å². The van der Waals surface area contributed by atoms with Crippen LogP contribution < -0.4 is 5.56 Å². The molecule has 2 saturated heterocycles. The smallest absolute Gasteiger partial charge is 0.250 e. The molecule has 0 saturated carbocycles. The zero-order valence-corrected chi connectivity index (χ0v) is 19.3. The van der Waals surface area contributed by atoms with E-state index in [0.29, 0.717) is 50.6 Å². The molecule has 1 aromatic carbocycles. The third-order valence-corrected chi connectivity index (χ3v) is 9.21. The van der Waals surface area contributed by atoms with E-state index in [-0.39, 0.29) is 34.1 Å². The van der Waals surface area contributed by atoms with Gasteiger partial charge in [-0.3, -0.25) is 9.59 Å². The lowest BCUT2D eigenvalue weighted by molar-refractivity contribution is -0.139. The molecule has 2 fully saturated rings. The van der Waals surface area contributed by atoms with Crippen LogP contribution in [0.4, 0.5) is 0 Å². The molecule has 0 spiro atoms. The predicted molar refractivity (Wildman–Crippen MR) is 121 cm³/mol. The summed E-state index contributed by atoms with van der Waals surface area (Å²) in [5.41, 5.74) is 1.06. The fraction of sp³-hybridized carbons (Fsp3) is 0.478. The van der Waals surface area contributed by atoms with E-state index in [4.69, 9.17) is 11.6 Å². The zero-order valence-electron chi connectivity index (χ0n) is 17.7. The number of sulfonamides is 1. The standard InChI is InChI=1S/C23H26ClN3O4S/c24-19-4-6-20(7-5-19)32(30,31)26-10-8-17(9-11-26)23(29)25-13-16-12-18(15-25)21-2-1-3-22(28)27(21)14-16/h1-7,16-18H,8-15H2/t16-,18?/m0/s1. The van der Waals surface area contributed by atoms with Crippen molar-refractivity contribution in [1.82, 2.24) is 13.8 Å². The molecule has 0 radical (unpaired) electrons. The van der Waals surface area contributed by atoms with Gasteiger partial charge in [0.05, 0.1) is 4.90 Å². The summed E-state index contributed by atoms with van der Waals surface area (Å²) in [5.74, 6) is 0.430. The fourth-order valence-electron chi connectivity index (χ4n) is 5.43. The minimum Gasteiger partial charge on any atom is -0.341 e. The second-order valence-electron chi connectivity index (χ2n) is 9.07. The van der Waals surface area contributed by atoms with Gasteiger partial charge in [0.2, 0.25) is 15.9 Å². The first-order valence-electron chi connectivity index (χ1n) is 11.1. The van der Waals surface area contributed by atoms with Crippen molar-refractivity contribution in [3.8, 4) is 0 Å². The third kappa shape index (κ3) is 3.89. The summed E-state index contributed by atoms with van der Waals surface area (Å²) in [5, 5.41) is 0.493. The Morgan fingerprint density at radius 1 is 0.969 bits per heavy atom. The monoisotopic (exact) mass is 475 g/mol. The number of amides is 1. The second kappa shape index (κ2) is 8.32. The first-order chi connectivity index (χ1) is 15.3. The molecule has 3 aliphatic heterocycles. The molecular weight excluding hydrogens is 450 g/mol. The molecule has 2 aromatic rings. The minimum atomic E-state index is -3.59. The van der Waals surface area contributed by atoms with E-state index in [1.54, 1.807) is 24.3 Å². The highest BCUT2D eigenvalue weighted by molar-refractivity contribution is 7.89. The Labute approximate surface area is 192 Å². The van der Waals surface area contributed by atoms with Crippen molar-refractivity contribution in [1.29, 1.82) is 0 Å². The van der Waals surface area contributed by atoms with Gasteiger partial charge in [-0.25, -0.2) is 8.42 Å². The number of hydrogen-bond acceptors (Lipinski definition) is 4. The van der Waals surface area contributed by atoms with Gasteiger partial charge >= 0.3 is 0 Å². The molecule has 32 heavy (non-hydrogen) atoms. The molecule has 1 amide bonds. The van der Waals surface area contributed by atoms with E-state index in [9.17, 15) is 18.0 Å². The lowest BCUT2D eigenvalue weighted by Gasteiger charge is -2.44. The Balaban J connectivity index is 1.25. The van der Waals surface area contributed by atoms with Gasteiger partial charge in [0.15, 0.2) is 0 Å². The highest BCUT2D eigenvalue weighted by atomic mass is 35.5. The average Bonchev–Trinajstić information content (AvgIpc) is 2.79. The molecule has 1 unspecified atom stereocenters. The number of likely N-dealkylation sites (tertiary alicyclic amines) is 1. The maximum absolute atomic E-state index is 13.3. The van der Waals surface area contributed by atoms with Crippen LogP contribution in [0.1, 0.15) is 30.9 Å². The van der Waals surface area contributed by atoms with Crippen LogP contribution in [0.15, 0.2) is 52.2 Å². The summed E-state index contributed by atoms with van der Waals surface area (Å²) in [6, 6.07) is 11.6. The average molecular weight is 476 g/mol. The Morgan fingerprint density at radius 2 is 1.69 bits per heavy atom. The lowest BCUT2D eigenvalue weighted by Crippen LogP contribution is -2.52. The van der Waals surface area contributed by atoms with Crippen LogP contribution in [0, 0.1) is 11.8 Å². The second-order valence-corrected chi connectivity index (χ2v) is 11.4. The maximum Gasteiger partial charge on any atom is 0.250 e. The van der Waals surface area contributed by atoms with Gasteiger partial charge in [-0.2, -0.15) is 4.31 Å². The van der Waals surface area contributed by atoms with E-state index in [2.05, 4.69) is 0 Å². The molecule has 1 aromatic heterocycles. The minimum absolute atomic E-state index is 0.0336. The Morgan fingerprint density at radius 3 is 2.41 bits per heavy atom. The zero-order chi connectivity index (χ0) is 22.5. The molecular formula is C23H26ClN3O4S. The number of carbonyl (C=O) groups is 1. The Kier molecular flexibility index (Phi) is 5.63. The van der Waals surface area contributed by atoms with Crippen molar-refractivity contribution in [3.63, 3.8) is 0 Å². The summed E-state index contributed by atoms with van der Waals surface area (Å²) in [6.07, 6.45) is 2.05. The molecule has 7 nitrogen and oxygen atoms in total. The lowest BCUT2D eigenvalue weighted by atomic mass is 9.82. The molecule has 2 atom stereocenters. The number of benzene rings is 1. The highest BCUT2D eigenvalue weighted by Crippen LogP contribution is 2.36. The fourth-order valence-corrected chi connectivity index (χ4v) is 7.03. The molecule has 170 valence electrons. The Bertz CT molecular complexity index is 1190. The Hall–Kier alpha value is -2.16.